The van der Waals surface area contributed by atoms with Crippen LogP contribution < -0.4 is 5.32 Å². The zero-order valence-corrected chi connectivity index (χ0v) is 11.8. The van der Waals surface area contributed by atoms with Crippen LogP contribution in [0.25, 0.3) is 0 Å². The van der Waals surface area contributed by atoms with Crippen molar-refractivity contribution in [2.45, 2.75) is 69.1 Å². The first kappa shape index (κ1) is 12.6. The molecule has 0 radical (unpaired) electrons. The molecule has 3 nitrogen and oxygen atoms in total. The van der Waals surface area contributed by atoms with E-state index in [1.54, 1.807) is 0 Å². The molecule has 4 bridgehead atoms. The Morgan fingerprint density at radius 3 is 2.16 bits per heavy atom. The predicted molar refractivity (Wildman–Crippen MR) is 73.9 cm³/mol. The van der Waals surface area contributed by atoms with Gasteiger partial charge >= 0.3 is 0 Å². The Balaban J connectivity index is 1.29. The van der Waals surface area contributed by atoms with E-state index in [0.717, 1.165) is 17.8 Å². The summed E-state index contributed by atoms with van der Waals surface area (Å²) in [6.45, 7) is 1.24. The van der Waals surface area contributed by atoms with E-state index in [-0.39, 0.29) is 11.7 Å². The second-order valence-corrected chi connectivity index (χ2v) is 7.75. The first-order chi connectivity index (χ1) is 9.21. The van der Waals surface area contributed by atoms with Crippen LogP contribution in [0.3, 0.4) is 0 Å². The molecule has 108 valence electrons. The molecule has 19 heavy (non-hydrogen) atoms. The highest BCUT2D eigenvalue weighted by Crippen LogP contribution is 2.57. The molecule has 3 heteroatoms. The fourth-order valence-corrected chi connectivity index (χ4v) is 5.13. The van der Waals surface area contributed by atoms with Crippen LogP contribution in [0.15, 0.2) is 0 Å². The summed E-state index contributed by atoms with van der Waals surface area (Å²) in [6.07, 6.45) is 10.4. The summed E-state index contributed by atoms with van der Waals surface area (Å²) in [5, 5.41) is 13.4. The maximum Gasteiger partial charge on any atom is 0.0898 e. The topological polar surface area (TPSA) is 41.5 Å². The second-order valence-electron chi connectivity index (χ2n) is 7.75. The van der Waals surface area contributed by atoms with Crippen molar-refractivity contribution in [1.82, 2.24) is 5.32 Å². The van der Waals surface area contributed by atoms with E-state index in [2.05, 4.69) is 5.32 Å². The minimum Gasteiger partial charge on any atom is -0.389 e. The summed E-state index contributed by atoms with van der Waals surface area (Å²) in [6, 6.07) is 0.675. The number of aliphatic hydroxyl groups is 1. The Morgan fingerprint density at radius 1 is 1.05 bits per heavy atom. The fraction of sp³-hybridized carbons (Fsp3) is 1.00. The van der Waals surface area contributed by atoms with Crippen molar-refractivity contribution >= 4 is 0 Å². The zero-order chi connectivity index (χ0) is 12.9. The second kappa shape index (κ2) is 4.71. The van der Waals surface area contributed by atoms with Crippen molar-refractivity contribution in [3.63, 3.8) is 0 Å². The van der Waals surface area contributed by atoms with Crippen LogP contribution in [0, 0.1) is 17.8 Å². The van der Waals surface area contributed by atoms with E-state index in [1.807, 2.05) is 0 Å². The molecule has 0 heterocycles. The van der Waals surface area contributed by atoms with Crippen molar-refractivity contribution in [1.29, 1.82) is 0 Å². The smallest absolute Gasteiger partial charge is 0.0898 e. The summed E-state index contributed by atoms with van der Waals surface area (Å²) < 4.78 is 6.27. The minimum absolute atomic E-state index is 0.148. The van der Waals surface area contributed by atoms with Crippen molar-refractivity contribution in [3.05, 3.63) is 0 Å². The average Bonchev–Trinajstić information content (AvgIpc) is 3.16. The molecular weight excluding hydrogens is 238 g/mol. The van der Waals surface area contributed by atoms with Gasteiger partial charge in [-0.05, 0) is 69.1 Å². The molecule has 0 amide bonds. The molecule has 1 atom stereocenters. The molecule has 0 aromatic carbocycles. The molecule has 5 aliphatic carbocycles. The molecule has 0 saturated heterocycles. The molecule has 0 aromatic rings. The summed E-state index contributed by atoms with van der Waals surface area (Å²) in [5.74, 6) is 2.77. The predicted octanol–water partition coefficient (Wildman–Crippen LogP) is 2.08. The van der Waals surface area contributed by atoms with Crippen molar-refractivity contribution in [2.24, 2.45) is 17.8 Å². The molecule has 0 aromatic heterocycles. The Bertz CT molecular complexity index is 304. The molecule has 2 N–H and O–H groups in total. The average molecular weight is 265 g/mol. The van der Waals surface area contributed by atoms with Gasteiger partial charge in [0.25, 0.3) is 0 Å². The minimum atomic E-state index is -0.325. The molecule has 1 unspecified atom stereocenters. The van der Waals surface area contributed by atoms with Crippen LogP contribution in [0.2, 0.25) is 0 Å². The quantitative estimate of drug-likeness (QED) is 0.772. The normalized spacial score (nSPS) is 45.6. The lowest BCUT2D eigenvalue weighted by Gasteiger charge is -2.56. The van der Waals surface area contributed by atoms with Gasteiger partial charge in [-0.2, -0.15) is 0 Å². The van der Waals surface area contributed by atoms with Gasteiger partial charge in [0.15, 0.2) is 0 Å². The van der Waals surface area contributed by atoms with Gasteiger partial charge in [0, 0.05) is 12.6 Å². The summed E-state index contributed by atoms with van der Waals surface area (Å²) in [4.78, 5) is 0. The third-order valence-electron chi connectivity index (χ3n) is 5.78. The molecule has 5 aliphatic rings. The van der Waals surface area contributed by atoms with Gasteiger partial charge in [0.2, 0.25) is 0 Å². The van der Waals surface area contributed by atoms with Gasteiger partial charge in [-0.15, -0.1) is 0 Å². The van der Waals surface area contributed by atoms with Crippen LogP contribution >= 0.6 is 0 Å². The largest absolute Gasteiger partial charge is 0.389 e. The molecular formula is C16H27NO2. The highest BCUT2D eigenvalue weighted by molar-refractivity contribution is 5.03. The first-order valence-corrected chi connectivity index (χ1v) is 8.26. The Kier molecular flexibility index (Phi) is 3.13. The van der Waals surface area contributed by atoms with E-state index in [4.69, 9.17) is 4.74 Å². The van der Waals surface area contributed by atoms with Gasteiger partial charge in [-0.3, -0.25) is 0 Å². The van der Waals surface area contributed by atoms with Gasteiger partial charge in [-0.1, -0.05) is 0 Å². The number of ether oxygens (including phenoxy) is 1. The van der Waals surface area contributed by atoms with Gasteiger partial charge in [-0.25, -0.2) is 0 Å². The number of hydrogen-bond acceptors (Lipinski definition) is 3. The van der Waals surface area contributed by atoms with E-state index in [0.29, 0.717) is 19.2 Å². The van der Waals surface area contributed by atoms with Crippen LogP contribution in [0.1, 0.15) is 51.4 Å². The number of aliphatic hydroxyl groups excluding tert-OH is 1. The molecule has 0 spiro atoms. The highest BCUT2D eigenvalue weighted by Gasteiger charge is 2.51. The monoisotopic (exact) mass is 265 g/mol. The number of rotatable bonds is 6. The van der Waals surface area contributed by atoms with Crippen LogP contribution in [0.5, 0.6) is 0 Å². The van der Waals surface area contributed by atoms with Gasteiger partial charge < -0.3 is 15.2 Å². The third-order valence-corrected chi connectivity index (χ3v) is 5.78. The van der Waals surface area contributed by atoms with Crippen LogP contribution in [-0.4, -0.2) is 36.0 Å². The SMILES string of the molecule is OC(CNC1CC1)COC12CC3CC(CC(C3)C1)C2. The fourth-order valence-electron chi connectivity index (χ4n) is 5.13. The Hall–Kier alpha value is -0.120. The Morgan fingerprint density at radius 2 is 1.63 bits per heavy atom. The number of nitrogens with one attached hydrogen (secondary N) is 1. The maximum atomic E-state index is 10.0. The number of hydrogen-bond donors (Lipinski definition) is 2. The summed E-state index contributed by atoms with van der Waals surface area (Å²) in [5.41, 5.74) is 0.148. The van der Waals surface area contributed by atoms with E-state index in [9.17, 15) is 5.11 Å². The third kappa shape index (κ3) is 2.70. The summed E-state index contributed by atoms with van der Waals surface area (Å²) in [7, 11) is 0. The standard InChI is InChI=1S/C16H27NO2/c18-15(9-17-14-1-2-14)10-19-16-6-11-3-12(7-16)5-13(4-11)8-16/h11-15,17-18H,1-10H2. The van der Waals surface area contributed by atoms with E-state index in [1.165, 1.54) is 51.4 Å². The van der Waals surface area contributed by atoms with Crippen molar-refractivity contribution < 1.29 is 9.84 Å². The van der Waals surface area contributed by atoms with Gasteiger partial charge in [0.05, 0.1) is 18.3 Å². The first-order valence-electron chi connectivity index (χ1n) is 8.26. The van der Waals surface area contributed by atoms with Crippen molar-refractivity contribution in [2.75, 3.05) is 13.2 Å². The maximum absolute atomic E-state index is 10.0. The lowest BCUT2D eigenvalue weighted by atomic mass is 9.54. The van der Waals surface area contributed by atoms with Gasteiger partial charge in [0.1, 0.15) is 0 Å². The van der Waals surface area contributed by atoms with Crippen LogP contribution in [-0.2, 0) is 4.74 Å². The molecule has 5 rings (SSSR count). The van der Waals surface area contributed by atoms with Crippen molar-refractivity contribution in [3.8, 4) is 0 Å². The lowest BCUT2D eigenvalue weighted by Crippen LogP contribution is -2.53. The summed E-state index contributed by atoms with van der Waals surface area (Å²) >= 11 is 0. The lowest BCUT2D eigenvalue weighted by molar-refractivity contribution is -0.174. The molecule has 0 aliphatic heterocycles. The molecule has 5 saturated carbocycles. The molecule has 5 fully saturated rings. The van der Waals surface area contributed by atoms with E-state index < -0.39 is 0 Å². The zero-order valence-electron chi connectivity index (χ0n) is 11.8. The Labute approximate surface area is 116 Å². The highest BCUT2D eigenvalue weighted by atomic mass is 16.5. The van der Waals surface area contributed by atoms with E-state index >= 15 is 0 Å². The van der Waals surface area contributed by atoms with Crippen LogP contribution in [0.4, 0.5) is 0 Å².